The molecule has 2 N–H and O–H groups in total. The highest BCUT2D eigenvalue weighted by Gasteiger charge is 2.30. The lowest BCUT2D eigenvalue weighted by atomic mass is 9.98. The third kappa shape index (κ3) is 5.68. The molecule has 1 aliphatic rings. The van der Waals surface area contributed by atoms with Crippen LogP contribution >= 0.6 is 0 Å². The van der Waals surface area contributed by atoms with Crippen LogP contribution < -0.4 is 10.2 Å². The molecule has 1 amide bonds. The fourth-order valence-electron chi connectivity index (χ4n) is 3.89. The van der Waals surface area contributed by atoms with Gasteiger partial charge in [-0.1, -0.05) is 62.4 Å². The minimum absolute atomic E-state index is 0.0227. The van der Waals surface area contributed by atoms with Crippen molar-refractivity contribution in [3.63, 3.8) is 0 Å². The van der Waals surface area contributed by atoms with Crippen molar-refractivity contribution in [2.45, 2.75) is 32.4 Å². The smallest absolute Gasteiger partial charge is 0.279 e. The Hall–Kier alpha value is -2.22. The van der Waals surface area contributed by atoms with E-state index in [0.29, 0.717) is 38.6 Å². The Kier molecular flexibility index (Phi) is 7.28. The van der Waals surface area contributed by atoms with Gasteiger partial charge in [-0.25, -0.2) is 8.42 Å². The minimum Gasteiger partial charge on any atom is -0.325 e. The Morgan fingerprint density at radius 2 is 1.73 bits per heavy atom. The number of hydrogen-bond donors (Lipinski definition) is 2. The molecule has 1 heterocycles. The van der Waals surface area contributed by atoms with E-state index in [-0.39, 0.29) is 11.7 Å². The number of carbonyl (C=O) groups is 1. The number of piperazine rings is 1. The Bertz CT molecular complexity index is 966. The second-order valence-electron chi connectivity index (χ2n) is 8.31. The van der Waals surface area contributed by atoms with E-state index >= 15 is 0 Å². The molecular formula is C23H32N3O3S+. The van der Waals surface area contributed by atoms with Gasteiger partial charge in [-0.3, -0.25) is 4.79 Å². The van der Waals surface area contributed by atoms with E-state index < -0.39 is 10.0 Å². The summed E-state index contributed by atoms with van der Waals surface area (Å²) in [6.07, 6.45) is 0. The summed E-state index contributed by atoms with van der Waals surface area (Å²) in [6, 6.07) is 15.3. The third-order valence-corrected chi connectivity index (χ3v) is 7.47. The van der Waals surface area contributed by atoms with E-state index in [1.54, 1.807) is 4.31 Å². The van der Waals surface area contributed by atoms with Gasteiger partial charge in [0.2, 0.25) is 10.0 Å². The molecule has 1 aliphatic heterocycles. The maximum atomic E-state index is 12.7. The number of quaternary nitrogens is 1. The molecule has 6 nitrogen and oxygen atoms in total. The second kappa shape index (κ2) is 9.73. The Morgan fingerprint density at radius 1 is 1.07 bits per heavy atom. The van der Waals surface area contributed by atoms with Crippen molar-refractivity contribution in [1.82, 2.24) is 4.31 Å². The van der Waals surface area contributed by atoms with Crippen LogP contribution in [0.4, 0.5) is 5.69 Å². The van der Waals surface area contributed by atoms with Crippen molar-refractivity contribution in [2.75, 3.05) is 38.0 Å². The molecule has 7 heteroatoms. The van der Waals surface area contributed by atoms with Gasteiger partial charge in [-0.05, 0) is 29.5 Å². The summed E-state index contributed by atoms with van der Waals surface area (Å²) >= 11 is 0. The molecular weight excluding hydrogens is 398 g/mol. The van der Waals surface area contributed by atoms with Crippen LogP contribution in [0, 0.1) is 6.92 Å². The van der Waals surface area contributed by atoms with Gasteiger partial charge in [0.25, 0.3) is 5.91 Å². The van der Waals surface area contributed by atoms with Crippen molar-refractivity contribution in [3.05, 3.63) is 65.2 Å². The SMILES string of the molecule is Cc1cccc(C(C)C)c1NC(=O)C[NH+]1CCN(S(=O)(=O)Cc2ccccc2)CC1. The zero-order chi connectivity index (χ0) is 21.7. The molecule has 3 rings (SSSR count). The minimum atomic E-state index is -3.34. The molecule has 162 valence electrons. The summed E-state index contributed by atoms with van der Waals surface area (Å²) in [5, 5.41) is 3.09. The number of nitrogens with zero attached hydrogens (tertiary/aromatic N) is 1. The number of aryl methyl sites for hydroxylation is 1. The zero-order valence-electron chi connectivity index (χ0n) is 18.0. The molecule has 0 aliphatic carbocycles. The van der Waals surface area contributed by atoms with Gasteiger partial charge in [0.15, 0.2) is 6.54 Å². The van der Waals surface area contributed by atoms with Crippen LogP contribution in [0.5, 0.6) is 0 Å². The molecule has 0 radical (unpaired) electrons. The summed E-state index contributed by atoms with van der Waals surface area (Å²) < 4.78 is 27.0. The number of para-hydroxylation sites is 1. The van der Waals surface area contributed by atoms with Crippen molar-refractivity contribution in [3.8, 4) is 0 Å². The fraction of sp³-hybridized carbons (Fsp3) is 0.435. The van der Waals surface area contributed by atoms with Crippen LogP contribution in [-0.4, -0.2) is 51.4 Å². The number of hydrogen-bond acceptors (Lipinski definition) is 3. The van der Waals surface area contributed by atoms with Crippen molar-refractivity contribution in [2.24, 2.45) is 0 Å². The monoisotopic (exact) mass is 430 g/mol. The third-order valence-electron chi connectivity index (χ3n) is 5.62. The fourth-order valence-corrected chi connectivity index (χ4v) is 5.42. The van der Waals surface area contributed by atoms with Crippen LogP contribution in [-0.2, 0) is 20.6 Å². The average Bonchev–Trinajstić information content (AvgIpc) is 2.70. The van der Waals surface area contributed by atoms with Gasteiger partial charge in [-0.15, -0.1) is 0 Å². The standard InChI is InChI=1S/C23H31N3O3S/c1-18(2)21-11-7-8-19(3)23(21)24-22(27)16-25-12-14-26(15-13-25)30(28,29)17-20-9-5-4-6-10-20/h4-11,18H,12-17H2,1-3H3,(H,24,27)/p+1. The number of anilines is 1. The van der Waals surface area contributed by atoms with Crippen LogP contribution in [0.3, 0.4) is 0 Å². The van der Waals surface area contributed by atoms with E-state index in [0.717, 1.165) is 27.3 Å². The molecule has 0 aromatic heterocycles. The van der Waals surface area contributed by atoms with Crippen molar-refractivity contribution < 1.29 is 18.1 Å². The molecule has 0 saturated carbocycles. The van der Waals surface area contributed by atoms with E-state index in [1.807, 2.05) is 49.4 Å². The number of nitrogens with one attached hydrogen (secondary N) is 2. The maximum absolute atomic E-state index is 12.7. The summed E-state index contributed by atoms with van der Waals surface area (Å²) in [7, 11) is -3.34. The van der Waals surface area contributed by atoms with Crippen LogP contribution in [0.15, 0.2) is 48.5 Å². The molecule has 2 aromatic rings. The van der Waals surface area contributed by atoms with Gasteiger partial charge >= 0.3 is 0 Å². The molecule has 0 unspecified atom stereocenters. The van der Waals surface area contributed by atoms with Crippen molar-refractivity contribution in [1.29, 1.82) is 0 Å². The van der Waals surface area contributed by atoms with Gasteiger partial charge in [0.05, 0.1) is 31.9 Å². The molecule has 2 aromatic carbocycles. The van der Waals surface area contributed by atoms with Crippen molar-refractivity contribution >= 4 is 21.6 Å². The highest BCUT2D eigenvalue weighted by Crippen LogP contribution is 2.27. The van der Waals surface area contributed by atoms with Gasteiger partial charge in [0, 0.05) is 5.69 Å². The number of sulfonamides is 1. The number of carbonyl (C=O) groups excluding carboxylic acids is 1. The number of benzene rings is 2. The first-order chi connectivity index (χ1) is 14.3. The first-order valence-corrected chi connectivity index (χ1v) is 12.1. The summed E-state index contributed by atoms with van der Waals surface area (Å²) in [4.78, 5) is 13.8. The maximum Gasteiger partial charge on any atom is 0.279 e. The lowest BCUT2D eigenvalue weighted by Crippen LogP contribution is -3.15. The largest absolute Gasteiger partial charge is 0.325 e. The lowest BCUT2D eigenvalue weighted by molar-refractivity contribution is -0.895. The second-order valence-corrected chi connectivity index (χ2v) is 10.3. The highest BCUT2D eigenvalue weighted by molar-refractivity contribution is 7.88. The lowest BCUT2D eigenvalue weighted by Gasteiger charge is -2.31. The molecule has 0 bridgehead atoms. The predicted molar refractivity (Wildman–Crippen MR) is 120 cm³/mol. The number of amides is 1. The topological polar surface area (TPSA) is 70.9 Å². The summed E-state index contributed by atoms with van der Waals surface area (Å²) in [6.45, 7) is 8.73. The zero-order valence-corrected chi connectivity index (χ0v) is 18.8. The Labute approximate surface area is 179 Å². The van der Waals surface area contributed by atoms with E-state index in [4.69, 9.17) is 0 Å². The molecule has 30 heavy (non-hydrogen) atoms. The normalized spacial score (nSPS) is 16.0. The average molecular weight is 431 g/mol. The van der Waals surface area contributed by atoms with E-state index in [1.165, 1.54) is 0 Å². The van der Waals surface area contributed by atoms with E-state index in [9.17, 15) is 13.2 Å². The molecule has 1 fully saturated rings. The highest BCUT2D eigenvalue weighted by atomic mass is 32.2. The summed E-state index contributed by atoms with van der Waals surface area (Å²) in [5.74, 6) is 0.322. The van der Waals surface area contributed by atoms with Gasteiger partial charge in [0.1, 0.15) is 0 Å². The molecule has 0 spiro atoms. The van der Waals surface area contributed by atoms with Crippen LogP contribution in [0.25, 0.3) is 0 Å². The Balaban J connectivity index is 1.54. The quantitative estimate of drug-likeness (QED) is 0.704. The predicted octanol–water partition coefficient (Wildman–Crippen LogP) is 1.79. The van der Waals surface area contributed by atoms with Gasteiger partial charge < -0.3 is 10.2 Å². The van der Waals surface area contributed by atoms with Crippen LogP contribution in [0.1, 0.15) is 36.5 Å². The number of rotatable bonds is 7. The van der Waals surface area contributed by atoms with Gasteiger partial charge in [-0.2, -0.15) is 4.31 Å². The van der Waals surface area contributed by atoms with Crippen LogP contribution in [0.2, 0.25) is 0 Å². The first-order valence-electron chi connectivity index (χ1n) is 10.5. The molecule has 1 saturated heterocycles. The molecule has 0 atom stereocenters. The Morgan fingerprint density at radius 3 is 2.37 bits per heavy atom. The van der Waals surface area contributed by atoms with E-state index in [2.05, 4.69) is 25.2 Å². The first kappa shape index (κ1) is 22.5. The summed E-state index contributed by atoms with van der Waals surface area (Å²) in [5.41, 5.74) is 3.89.